The van der Waals surface area contributed by atoms with E-state index in [4.69, 9.17) is 5.73 Å². The lowest BCUT2D eigenvalue weighted by Gasteiger charge is -2.10. The molecule has 0 aliphatic carbocycles. The molecule has 0 fully saturated rings. The second-order valence-corrected chi connectivity index (χ2v) is 7.14. The molecule has 0 aliphatic heterocycles. The Kier molecular flexibility index (Phi) is 5.02. The molecule has 1 aromatic carbocycles. The Morgan fingerprint density at radius 3 is 2.63 bits per heavy atom. The second kappa shape index (κ2) is 6.55. The number of aryl methyl sites for hydroxylation is 3. The van der Waals surface area contributed by atoms with E-state index in [-0.39, 0.29) is 6.04 Å². The number of benzene rings is 1. The highest BCUT2D eigenvalue weighted by Gasteiger charge is 2.10. The van der Waals surface area contributed by atoms with E-state index in [1.165, 1.54) is 15.3 Å². The van der Waals surface area contributed by atoms with Crippen LogP contribution in [0.1, 0.15) is 21.1 Å². The Hall–Kier alpha value is -0.840. The predicted octanol–water partition coefficient (Wildman–Crippen LogP) is 3.73. The van der Waals surface area contributed by atoms with Crippen LogP contribution in [0.5, 0.6) is 0 Å². The van der Waals surface area contributed by atoms with Crippen molar-refractivity contribution in [2.75, 3.05) is 5.75 Å². The molecule has 0 radical (unpaired) electrons. The van der Waals surface area contributed by atoms with Crippen molar-refractivity contribution in [3.63, 3.8) is 0 Å². The van der Waals surface area contributed by atoms with Gasteiger partial charge in [0.05, 0.1) is 10.7 Å². The number of rotatable bonds is 5. The number of thioether (sulfide) groups is 1. The zero-order chi connectivity index (χ0) is 13.8. The minimum atomic E-state index is 0.162. The average Bonchev–Trinajstić information content (AvgIpc) is 2.67. The SMILES string of the molecule is Cc1ccccc1SCC(N)Cc1nc(C)c(C)s1. The normalized spacial score (nSPS) is 12.6. The standard InChI is InChI=1S/C15H20N2S2/c1-10-6-4-5-7-14(10)18-9-13(16)8-15-17-11(2)12(3)19-15/h4-7,13H,8-9,16H2,1-3H3. The lowest BCUT2D eigenvalue weighted by molar-refractivity contribution is 0.742. The number of nitrogens with two attached hydrogens (primary N) is 1. The van der Waals surface area contributed by atoms with Crippen LogP contribution in [0.15, 0.2) is 29.2 Å². The van der Waals surface area contributed by atoms with E-state index in [1.807, 2.05) is 11.8 Å². The van der Waals surface area contributed by atoms with E-state index in [1.54, 1.807) is 11.3 Å². The molecule has 1 aromatic heterocycles. The molecule has 4 heteroatoms. The summed E-state index contributed by atoms with van der Waals surface area (Å²) < 4.78 is 0. The summed E-state index contributed by atoms with van der Waals surface area (Å²) in [4.78, 5) is 7.18. The van der Waals surface area contributed by atoms with Gasteiger partial charge in [-0.05, 0) is 32.4 Å². The summed E-state index contributed by atoms with van der Waals surface area (Å²) in [6.45, 7) is 6.31. The van der Waals surface area contributed by atoms with Crippen LogP contribution in [-0.4, -0.2) is 16.8 Å². The smallest absolute Gasteiger partial charge is 0.0946 e. The van der Waals surface area contributed by atoms with Gasteiger partial charge in [0.1, 0.15) is 0 Å². The van der Waals surface area contributed by atoms with Crippen LogP contribution in [0, 0.1) is 20.8 Å². The van der Waals surface area contributed by atoms with Crippen molar-refractivity contribution in [1.29, 1.82) is 0 Å². The third-order valence-corrected chi connectivity index (χ3v) is 5.52. The van der Waals surface area contributed by atoms with Crippen molar-refractivity contribution in [2.45, 2.75) is 38.1 Å². The summed E-state index contributed by atoms with van der Waals surface area (Å²) in [5, 5.41) is 1.16. The molecular weight excluding hydrogens is 272 g/mol. The van der Waals surface area contributed by atoms with Crippen LogP contribution in [0.3, 0.4) is 0 Å². The molecule has 1 heterocycles. The van der Waals surface area contributed by atoms with Crippen LogP contribution in [0.25, 0.3) is 0 Å². The summed E-state index contributed by atoms with van der Waals surface area (Å²) in [7, 11) is 0. The molecule has 0 aliphatic rings. The zero-order valence-corrected chi connectivity index (χ0v) is 13.3. The van der Waals surface area contributed by atoms with Gasteiger partial charge in [0, 0.05) is 28.0 Å². The molecule has 0 bridgehead atoms. The van der Waals surface area contributed by atoms with Gasteiger partial charge in [-0.3, -0.25) is 0 Å². The Balaban J connectivity index is 1.88. The third-order valence-electron chi connectivity index (χ3n) is 3.06. The molecule has 2 aromatic rings. The van der Waals surface area contributed by atoms with Gasteiger partial charge in [-0.25, -0.2) is 4.98 Å². The molecular formula is C15H20N2S2. The highest BCUT2D eigenvalue weighted by molar-refractivity contribution is 7.99. The lowest BCUT2D eigenvalue weighted by Crippen LogP contribution is -2.25. The van der Waals surface area contributed by atoms with E-state index in [0.717, 1.165) is 22.9 Å². The second-order valence-electron chi connectivity index (χ2n) is 4.79. The third kappa shape index (κ3) is 4.06. The Labute approximate surface area is 123 Å². The van der Waals surface area contributed by atoms with E-state index in [0.29, 0.717) is 0 Å². The zero-order valence-electron chi connectivity index (χ0n) is 11.6. The van der Waals surface area contributed by atoms with Crippen molar-refractivity contribution in [3.05, 3.63) is 45.4 Å². The number of thiazole rings is 1. The van der Waals surface area contributed by atoms with Crippen molar-refractivity contribution in [1.82, 2.24) is 4.98 Å². The fourth-order valence-electron chi connectivity index (χ4n) is 1.82. The first-order valence-corrected chi connectivity index (χ1v) is 8.23. The molecule has 2 nitrogen and oxygen atoms in total. The minimum Gasteiger partial charge on any atom is -0.327 e. The summed E-state index contributed by atoms with van der Waals surface area (Å²) in [6.07, 6.45) is 0.873. The summed E-state index contributed by atoms with van der Waals surface area (Å²) >= 11 is 3.60. The van der Waals surface area contributed by atoms with Crippen molar-refractivity contribution in [2.24, 2.45) is 5.73 Å². The first-order valence-electron chi connectivity index (χ1n) is 6.43. The van der Waals surface area contributed by atoms with Gasteiger partial charge in [-0.2, -0.15) is 0 Å². The lowest BCUT2D eigenvalue weighted by atomic mass is 10.2. The van der Waals surface area contributed by atoms with Gasteiger partial charge < -0.3 is 5.73 Å². The molecule has 1 atom stereocenters. The highest BCUT2D eigenvalue weighted by atomic mass is 32.2. The maximum atomic E-state index is 6.21. The number of nitrogens with zero attached hydrogens (tertiary/aromatic N) is 1. The Morgan fingerprint density at radius 2 is 2.00 bits per heavy atom. The molecule has 0 amide bonds. The number of hydrogen-bond acceptors (Lipinski definition) is 4. The van der Waals surface area contributed by atoms with Crippen molar-refractivity contribution in [3.8, 4) is 0 Å². The van der Waals surface area contributed by atoms with Gasteiger partial charge in [-0.1, -0.05) is 18.2 Å². The van der Waals surface area contributed by atoms with E-state index >= 15 is 0 Å². The maximum absolute atomic E-state index is 6.21. The Bertz CT molecular complexity index is 529. The maximum Gasteiger partial charge on any atom is 0.0946 e. The number of aromatic nitrogens is 1. The first kappa shape index (κ1) is 14.6. The molecule has 19 heavy (non-hydrogen) atoms. The molecule has 2 N–H and O–H groups in total. The topological polar surface area (TPSA) is 38.9 Å². The van der Waals surface area contributed by atoms with Crippen LogP contribution in [0.4, 0.5) is 0 Å². The Morgan fingerprint density at radius 1 is 1.26 bits per heavy atom. The van der Waals surface area contributed by atoms with Gasteiger partial charge in [-0.15, -0.1) is 23.1 Å². The molecule has 0 saturated carbocycles. The fourth-order valence-corrected chi connectivity index (χ4v) is 3.83. The van der Waals surface area contributed by atoms with E-state index in [2.05, 4.69) is 50.0 Å². The molecule has 0 spiro atoms. The largest absolute Gasteiger partial charge is 0.327 e. The molecule has 102 valence electrons. The van der Waals surface area contributed by atoms with Crippen LogP contribution in [-0.2, 0) is 6.42 Å². The van der Waals surface area contributed by atoms with Crippen LogP contribution in [0.2, 0.25) is 0 Å². The van der Waals surface area contributed by atoms with E-state index in [9.17, 15) is 0 Å². The van der Waals surface area contributed by atoms with Crippen molar-refractivity contribution >= 4 is 23.1 Å². The fraction of sp³-hybridized carbons (Fsp3) is 0.400. The van der Waals surface area contributed by atoms with Crippen LogP contribution >= 0.6 is 23.1 Å². The molecule has 1 unspecified atom stereocenters. The minimum absolute atomic E-state index is 0.162. The monoisotopic (exact) mass is 292 g/mol. The quantitative estimate of drug-likeness (QED) is 0.853. The molecule has 2 rings (SSSR count). The summed E-state index contributed by atoms with van der Waals surface area (Å²) in [6, 6.07) is 8.61. The summed E-state index contributed by atoms with van der Waals surface area (Å²) in [5.74, 6) is 0.933. The average molecular weight is 292 g/mol. The number of hydrogen-bond donors (Lipinski definition) is 1. The molecule has 0 saturated heterocycles. The van der Waals surface area contributed by atoms with Gasteiger partial charge >= 0.3 is 0 Å². The van der Waals surface area contributed by atoms with Gasteiger partial charge in [0.2, 0.25) is 0 Å². The van der Waals surface area contributed by atoms with Gasteiger partial charge in [0.15, 0.2) is 0 Å². The summed E-state index contributed by atoms with van der Waals surface area (Å²) in [5.41, 5.74) is 8.67. The first-order chi connectivity index (χ1) is 9.06. The van der Waals surface area contributed by atoms with Gasteiger partial charge in [0.25, 0.3) is 0 Å². The van der Waals surface area contributed by atoms with Crippen molar-refractivity contribution < 1.29 is 0 Å². The van der Waals surface area contributed by atoms with Crippen LogP contribution < -0.4 is 5.73 Å². The predicted molar refractivity (Wildman–Crippen MR) is 85.2 cm³/mol. The highest BCUT2D eigenvalue weighted by Crippen LogP contribution is 2.24. The van der Waals surface area contributed by atoms with E-state index < -0.39 is 0 Å².